The molecule has 0 unspecified atom stereocenters. The number of imidazole rings is 1. The molecule has 0 spiro atoms. The van der Waals surface area contributed by atoms with Gasteiger partial charge in [-0.2, -0.15) is 0 Å². The second kappa shape index (κ2) is 4.70. The van der Waals surface area contributed by atoms with Gasteiger partial charge in [0.25, 0.3) is 0 Å². The molecule has 19 heavy (non-hydrogen) atoms. The van der Waals surface area contributed by atoms with Crippen LogP contribution < -0.4 is 0 Å². The van der Waals surface area contributed by atoms with Crippen molar-refractivity contribution in [3.63, 3.8) is 0 Å². The Hall–Kier alpha value is -1.24. The van der Waals surface area contributed by atoms with Crippen LogP contribution in [0.4, 0.5) is 4.39 Å². The number of aromatic amines is 1. The minimum atomic E-state index is -0.417. The van der Waals surface area contributed by atoms with Crippen molar-refractivity contribution in [2.75, 3.05) is 0 Å². The summed E-state index contributed by atoms with van der Waals surface area (Å²) in [6.45, 7) is 0. The number of benzene rings is 1. The monoisotopic (exact) mass is 357 g/mol. The molecule has 2 aromatic heterocycles. The molecule has 1 N–H and O–H groups in total. The third-order valence-corrected chi connectivity index (χ3v) is 3.83. The number of rotatable bonds is 1. The maximum absolute atomic E-state index is 13.3. The highest BCUT2D eigenvalue weighted by Gasteiger charge is 2.15. The van der Waals surface area contributed by atoms with Crippen molar-refractivity contribution in [2.45, 2.75) is 0 Å². The second-order valence-corrected chi connectivity index (χ2v) is 5.51. The molecule has 0 amide bonds. The summed E-state index contributed by atoms with van der Waals surface area (Å²) in [5.41, 5.74) is 2.00. The molecule has 3 aromatic rings. The van der Waals surface area contributed by atoms with Crippen molar-refractivity contribution in [1.29, 1.82) is 0 Å². The topological polar surface area (TPSA) is 33.6 Å². The first-order chi connectivity index (χ1) is 9.08. The van der Waals surface area contributed by atoms with E-state index in [-0.39, 0.29) is 5.02 Å². The van der Waals surface area contributed by atoms with Gasteiger partial charge in [0.15, 0.2) is 10.4 Å². The van der Waals surface area contributed by atoms with Crippen molar-refractivity contribution in [3.8, 4) is 5.69 Å². The third kappa shape index (κ3) is 2.09. The van der Waals surface area contributed by atoms with E-state index < -0.39 is 5.82 Å². The number of pyridine rings is 1. The third-order valence-electron chi connectivity index (χ3n) is 2.65. The fourth-order valence-electron chi connectivity index (χ4n) is 1.90. The van der Waals surface area contributed by atoms with Gasteiger partial charge in [0.1, 0.15) is 5.82 Å². The molecular weight excluding hydrogens is 353 g/mol. The maximum atomic E-state index is 13.3. The molecule has 3 nitrogen and oxygen atoms in total. The number of hydrogen-bond donors (Lipinski definition) is 1. The first-order valence-corrected chi connectivity index (χ1v) is 6.86. The van der Waals surface area contributed by atoms with Gasteiger partial charge in [0.05, 0.1) is 16.2 Å². The second-order valence-electron chi connectivity index (χ2n) is 3.86. The normalized spacial score (nSPS) is 11.1. The molecule has 1 aromatic carbocycles. The number of halogens is 3. The standard InChI is InChI=1S/C12H6BrClFN3S/c13-7-4-6(15)5-8(14)10(7)18-11-9(17-12(18)19)2-1-3-16-11/h1-5H,(H,17,19). The molecular formula is C12H6BrClFN3S. The van der Waals surface area contributed by atoms with Gasteiger partial charge in [0, 0.05) is 10.7 Å². The summed E-state index contributed by atoms with van der Waals surface area (Å²) in [6.07, 6.45) is 1.66. The van der Waals surface area contributed by atoms with E-state index in [2.05, 4.69) is 25.9 Å². The predicted octanol–water partition coefficient (Wildman–Crippen LogP) is 4.64. The van der Waals surface area contributed by atoms with Crippen molar-refractivity contribution in [1.82, 2.24) is 14.5 Å². The number of fused-ring (bicyclic) bond motifs is 1. The zero-order valence-electron chi connectivity index (χ0n) is 9.32. The van der Waals surface area contributed by atoms with Gasteiger partial charge in [-0.3, -0.25) is 4.57 Å². The number of nitrogens with one attached hydrogen (secondary N) is 1. The fourth-order valence-corrected chi connectivity index (χ4v) is 3.20. The molecule has 0 atom stereocenters. The summed E-state index contributed by atoms with van der Waals surface area (Å²) >= 11 is 14.7. The van der Waals surface area contributed by atoms with Crippen LogP contribution in [0.5, 0.6) is 0 Å². The Kier molecular flexibility index (Phi) is 3.16. The van der Waals surface area contributed by atoms with Crippen LogP contribution in [0.3, 0.4) is 0 Å². The van der Waals surface area contributed by atoms with E-state index in [1.165, 1.54) is 12.1 Å². The highest BCUT2D eigenvalue weighted by atomic mass is 79.9. The Morgan fingerprint density at radius 2 is 2.21 bits per heavy atom. The molecule has 0 saturated heterocycles. The maximum Gasteiger partial charge on any atom is 0.184 e. The van der Waals surface area contributed by atoms with Crippen LogP contribution in [0.25, 0.3) is 16.9 Å². The van der Waals surface area contributed by atoms with Crippen molar-refractivity contribution in [3.05, 3.63) is 50.5 Å². The SMILES string of the molecule is Fc1cc(Cl)c(-n2c(=S)[nH]c3cccnc32)c(Br)c1. The van der Waals surface area contributed by atoms with E-state index in [9.17, 15) is 4.39 Å². The Morgan fingerprint density at radius 1 is 1.42 bits per heavy atom. The minimum absolute atomic E-state index is 0.259. The number of H-pyrrole nitrogens is 1. The van der Waals surface area contributed by atoms with Crippen LogP contribution >= 0.6 is 39.7 Å². The molecule has 0 radical (unpaired) electrons. The number of aromatic nitrogens is 3. The first-order valence-electron chi connectivity index (χ1n) is 5.28. The van der Waals surface area contributed by atoms with E-state index in [1.807, 2.05) is 6.07 Å². The molecule has 0 fully saturated rings. The molecule has 96 valence electrons. The van der Waals surface area contributed by atoms with Gasteiger partial charge < -0.3 is 4.98 Å². The molecule has 0 aliphatic heterocycles. The summed E-state index contributed by atoms with van der Waals surface area (Å²) in [6, 6.07) is 6.25. The molecule has 0 bridgehead atoms. The van der Waals surface area contributed by atoms with Crippen molar-refractivity contribution in [2.24, 2.45) is 0 Å². The Bertz CT molecular complexity index is 819. The van der Waals surface area contributed by atoms with E-state index in [0.29, 0.717) is 20.6 Å². The highest BCUT2D eigenvalue weighted by molar-refractivity contribution is 9.10. The zero-order chi connectivity index (χ0) is 13.6. The van der Waals surface area contributed by atoms with Crippen LogP contribution in [0.1, 0.15) is 0 Å². The predicted molar refractivity (Wildman–Crippen MR) is 78.9 cm³/mol. The Balaban J connectivity index is 2.43. The van der Waals surface area contributed by atoms with Crippen LogP contribution in [0.2, 0.25) is 5.02 Å². The molecule has 0 aliphatic carbocycles. The van der Waals surface area contributed by atoms with Crippen molar-refractivity contribution >= 4 is 50.9 Å². The summed E-state index contributed by atoms with van der Waals surface area (Å²) in [7, 11) is 0. The lowest BCUT2D eigenvalue weighted by atomic mass is 10.3. The Labute approximate surface area is 126 Å². The average molecular weight is 359 g/mol. The largest absolute Gasteiger partial charge is 0.329 e. The highest BCUT2D eigenvalue weighted by Crippen LogP contribution is 2.32. The summed E-state index contributed by atoms with van der Waals surface area (Å²) in [5.74, 6) is -0.417. The van der Waals surface area contributed by atoms with Gasteiger partial charge in [-0.05, 0) is 52.4 Å². The lowest BCUT2D eigenvalue weighted by molar-refractivity contribution is 0.626. The van der Waals surface area contributed by atoms with Gasteiger partial charge in [0.2, 0.25) is 0 Å². The molecule has 3 rings (SSSR count). The quantitative estimate of drug-likeness (QED) is 0.643. The number of nitrogens with zero attached hydrogens (tertiary/aromatic N) is 2. The van der Waals surface area contributed by atoms with Gasteiger partial charge >= 0.3 is 0 Å². The van der Waals surface area contributed by atoms with Crippen LogP contribution in [0.15, 0.2) is 34.9 Å². The summed E-state index contributed by atoms with van der Waals surface area (Å²) < 4.78 is 15.9. The zero-order valence-corrected chi connectivity index (χ0v) is 12.5. The summed E-state index contributed by atoms with van der Waals surface area (Å²) in [4.78, 5) is 7.31. The van der Waals surface area contributed by atoms with E-state index >= 15 is 0 Å². The molecule has 7 heteroatoms. The van der Waals surface area contributed by atoms with Crippen molar-refractivity contribution < 1.29 is 4.39 Å². The van der Waals surface area contributed by atoms with E-state index in [0.717, 1.165) is 5.52 Å². The van der Waals surface area contributed by atoms with Gasteiger partial charge in [-0.15, -0.1) is 0 Å². The molecule has 0 saturated carbocycles. The van der Waals surface area contributed by atoms with Crippen LogP contribution in [-0.4, -0.2) is 14.5 Å². The minimum Gasteiger partial charge on any atom is -0.329 e. The van der Waals surface area contributed by atoms with E-state index in [4.69, 9.17) is 23.8 Å². The van der Waals surface area contributed by atoms with Crippen LogP contribution in [-0.2, 0) is 0 Å². The Morgan fingerprint density at radius 3 is 2.95 bits per heavy atom. The lowest BCUT2D eigenvalue weighted by Gasteiger charge is -2.09. The number of hydrogen-bond acceptors (Lipinski definition) is 2. The summed E-state index contributed by atoms with van der Waals surface area (Å²) in [5, 5.41) is 0.259. The molecule has 2 heterocycles. The average Bonchev–Trinajstić information content (AvgIpc) is 2.65. The van der Waals surface area contributed by atoms with Gasteiger partial charge in [-0.1, -0.05) is 11.6 Å². The fraction of sp³-hybridized carbons (Fsp3) is 0. The van der Waals surface area contributed by atoms with Crippen LogP contribution in [0, 0.1) is 10.6 Å². The lowest BCUT2D eigenvalue weighted by Crippen LogP contribution is -1.98. The van der Waals surface area contributed by atoms with Gasteiger partial charge in [-0.25, -0.2) is 9.37 Å². The van der Waals surface area contributed by atoms with E-state index in [1.54, 1.807) is 16.8 Å². The first kappa shape index (κ1) is 12.8. The smallest absolute Gasteiger partial charge is 0.184 e. The molecule has 0 aliphatic rings.